The molecule has 58 valence electrons. The maximum Gasteiger partial charge on any atom is 0.0443 e. The first-order valence-corrected chi connectivity index (χ1v) is 4.55. The molecule has 0 bridgehead atoms. The van der Waals surface area contributed by atoms with Crippen LogP contribution in [0.15, 0.2) is 0 Å². The van der Waals surface area contributed by atoms with E-state index in [1.807, 2.05) is 6.92 Å². The Kier molecular flexibility index (Phi) is 16.9. The number of rotatable bonds is 2. The summed E-state index contributed by atoms with van der Waals surface area (Å²) in [4.78, 5) is 0. The Morgan fingerprint density at radius 2 is 1.33 bits per heavy atom. The van der Waals surface area contributed by atoms with Gasteiger partial charge in [0.15, 0.2) is 0 Å². The van der Waals surface area contributed by atoms with Crippen molar-refractivity contribution in [2.24, 2.45) is 0 Å². The molecule has 4 heteroatoms. The van der Waals surface area contributed by atoms with Crippen molar-refractivity contribution in [1.82, 2.24) is 0 Å². The van der Waals surface area contributed by atoms with Crippen LogP contribution in [0.2, 0.25) is 0 Å². The zero-order chi connectivity index (χ0) is 7.70. The second-order valence-electron chi connectivity index (χ2n) is 1.31. The number of halogens is 4. The lowest BCUT2D eigenvalue weighted by atomic mass is 10.6. The topological polar surface area (TPSA) is 0 Å². The summed E-state index contributed by atoms with van der Waals surface area (Å²) in [7, 11) is 0. The summed E-state index contributed by atoms with van der Waals surface area (Å²) >= 11 is 20.6. The first kappa shape index (κ1) is 12.8. The first-order chi connectivity index (χ1) is 4.18. The smallest absolute Gasteiger partial charge is 0.0443 e. The molecule has 0 aromatic heterocycles. The maximum absolute atomic E-state index is 5.33. The van der Waals surface area contributed by atoms with Crippen molar-refractivity contribution in [2.75, 3.05) is 17.6 Å². The Morgan fingerprint density at radius 3 is 1.33 bits per heavy atom. The van der Waals surface area contributed by atoms with Gasteiger partial charge in [-0.25, -0.2) is 0 Å². The zero-order valence-electron chi connectivity index (χ0n) is 5.21. The van der Waals surface area contributed by atoms with Crippen LogP contribution in [0.25, 0.3) is 0 Å². The van der Waals surface area contributed by atoms with Crippen LogP contribution in [0.3, 0.4) is 0 Å². The van der Waals surface area contributed by atoms with Gasteiger partial charge in [-0.15, -0.1) is 46.4 Å². The van der Waals surface area contributed by atoms with Gasteiger partial charge >= 0.3 is 0 Å². The molecule has 0 amide bonds. The molecule has 0 spiro atoms. The second kappa shape index (κ2) is 11.9. The fourth-order valence-electron chi connectivity index (χ4n) is 0. The molecule has 0 saturated heterocycles. The Morgan fingerprint density at radius 1 is 1.11 bits per heavy atom. The molecular formula is C5H10Cl4. The molecule has 0 aliphatic heterocycles. The van der Waals surface area contributed by atoms with Crippen molar-refractivity contribution in [3.8, 4) is 0 Å². The lowest BCUT2D eigenvalue weighted by Gasteiger charge is -1.85. The average molecular weight is 212 g/mol. The Labute approximate surface area is 76.4 Å². The maximum atomic E-state index is 5.33. The monoisotopic (exact) mass is 210 g/mol. The van der Waals surface area contributed by atoms with Crippen LogP contribution in [-0.4, -0.2) is 23.0 Å². The van der Waals surface area contributed by atoms with Crippen molar-refractivity contribution in [3.63, 3.8) is 0 Å². The van der Waals surface area contributed by atoms with Crippen LogP contribution in [0.1, 0.15) is 6.92 Å². The number of alkyl halides is 4. The van der Waals surface area contributed by atoms with Gasteiger partial charge in [-0.2, -0.15) is 0 Å². The summed E-state index contributed by atoms with van der Waals surface area (Å²) in [6.07, 6.45) is 0. The van der Waals surface area contributed by atoms with Crippen LogP contribution in [0, 0.1) is 0 Å². The van der Waals surface area contributed by atoms with Gasteiger partial charge in [0.05, 0.1) is 0 Å². The highest BCUT2D eigenvalue weighted by Crippen LogP contribution is 1.93. The molecule has 0 fully saturated rings. The van der Waals surface area contributed by atoms with Gasteiger partial charge in [-0.05, 0) is 6.92 Å². The highest BCUT2D eigenvalue weighted by molar-refractivity contribution is 6.27. The standard InChI is InChI=1S/C3H6Cl2.C2H4Cl2/c1-3(5)2-4;3-1-2-4/h3H,2H2,1H3;1-2H2. The van der Waals surface area contributed by atoms with E-state index in [1.165, 1.54) is 0 Å². The van der Waals surface area contributed by atoms with Crippen molar-refractivity contribution in [1.29, 1.82) is 0 Å². The summed E-state index contributed by atoms with van der Waals surface area (Å²) < 4.78 is 0. The number of hydrogen-bond acceptors (Lipinski definition) is 0. The molecule has 0 aliphatic carbocycles. The molecule has 0 N–H and O–H groups in total. The SMILES string of the molecule is CC(Cl)CCl.ClCCCl. The van der Waals surface area contributed by atoms with Gasteiger partial charge < -0.3 is 0 Å². The third-order valence-corrected chi connectivity index (χ3v) is 1.63. The lowest BCUT2D eigenvalue weighted by Crippen LogP contribution is -1.87. The fraction of sp³-hybridized carbons (Fsp3) is 1.00. The highest BCUT2D eigenvalue weighted by atomic mass is 35.5. The molecule has 0 rings (SSSR count). The molecule has 1 atom stereocenters. The van der Waals surface area contributed by atoms with Crippen LogP contribution in [-0.2, 0) is 0 Å². The van der Waals surface area contributed by atoms with Gasteiger partial charge in [0.25, 0.3) is 0 Å². The molecule has 0 nitrogen and oxygen atoms in total. The highest BCUT2D eigenvalue weighted by Gasteiger charge is 1.85. The quantitative estimate of drug-likeness (QED) is 0.615. The van der Waals surface area contributed by atoms with E-state index in [9.17, 15) is 0 Å². The molecule has 0 aromatic carbocycles. The van der Waals surface area contributed by atoms with Crippen LogP contribution in [0.5, 0.6) is 0 Å². The van der Waals surface area contributed by atoms with Crippen LogP contribution in [0.4, 0.5) is 0 Å². The summed E-state index contributed by atoms with van der Waals surface area (Å²) in [6, 6.07) is 0. The fourth-order valence-corrected chi connectivity index (χ4v) is 0. The van der Waals surface area contributed by atoms with Crippen molar-refractivity contribution < 1.29 is 0 Å². The van der Waals surface area contributed by atoms with Gasteiger partial charge in [-0.3, -0.25) is 0 Å². The predicted octanol–water partition coefficient (Wildman–Crippen LogP) is 3.32. The van der Waals surface area contributed by atoms with E-state index in [0.29, 0.717) is 17.6 Å². The van der Waals surface area contributed by atoms with Gasteiger partial charge in [0.2, 0.25) is 0 Å². The molecular weight excluding hydrogens is 202 g/mol. The van der Waals surface area contributed by atoms with E-state index in [0.717, 1.165) is 0 Å². The van der Waals surface area contributed by atoms with E-state index in [2.05, 4.69) is 0 Å². The van der Waals surface area contributed by atoms with Gasteiger partial charge in [-0.1, -0.05) is 0 Å². The predicted molar refractivity (Wildman–Crippen MR) is 47.5 cm³/mol. The molecule has 0 aromatic rings. The lowest BCUT2D eigenvalue weighted by molar-refractivity contribution is 1.11. The van der Waals surface area contributed by atoms with E-state index < -0.39 is 0 Å². The van der Waals surface area contributed by atoms with Gasteiger partial charge in [0.1, 0.15) is 0 Å². The summed E-state index contributed by atoms with van der Waals surface area (Å²) in [5, 5.41) is 0.122. The minimum absolute atomic E-state index is 0.122. The molecule has 0 radical (unpaired) electrons. The summed E-state index contributed by atoms with van der Waals surface area (Å²) in [6.45, 7) is 1.86. The second-order valence-corrected chi connectivity index (χ2v) is 3.12. The Bertz CT molecular complexity index is 35.9. The molecule has 0 saturated carbocycles. The van der Waals surface area contributed by atoms with Crippen molar-refractivity contribution in [3.05, 3.63) is 0 Å². The average Bonchev–Trinajstić information content (AvgIpc) is 1.89. The van der Waals surface area contributed by atoms with Gasteiger partial charge in [0, 0.05) is 23.0 Å². The van der Waals surface area contributed by atoms with E-state index in [4.69, 9.17) is 46.4 Å². The minimum Gasteiger partial charge on any atom is -0.125 e. The Hall–Kier alpha value is 1.16. The first-order valence-electron chi connectivity index (χ1n) is 2.51. The minimum atomic E-state index is 0.122. The molecule has 0 aliphatic rings. The van der Waals surface area contributed by atoms with E-state index >= 15 is 0 Å². The van der Waals surface area contributed by atoms with E-state index in [-0.39, 0.29) is 5.38 Å². The van der Waals surface area contributed by atoms with Crippen LogP contribution < -0.4 is 0 Å². The Balaban J connectivity index is 0. The van der Waals surface area contributed by atoms with E-state index in [1.54, 1.807) is 0 Å². The normalized spacial score (nSPS) is 11.7. The van der Waals surface area contributed by atoms with Crippen LogP contribution >= 0.6 is 46.4 Å². The summed E-state index contributed by atoms with van der Waals surface area (Å²) in [5.41, 5.74) is 0. The summed E-state index contributed by atoms with van der Waals surface area (Å²) in [5.74, 6) is 1.66. The third kappa shape index (κ3) is 27.1. The number of hydrogen-bond donors (Lipinski definition) is 0. The van der Waals surface area contributed by atoms with Crippen molar-refractivity contribution in [2.45, 2.75) is 12.3 Å². The largest absolute Gasteiger partial charge is 0.125 e. The molecule has 1 unspecified atom stereocenters. The van der Waals surface area contributed by atoms with Crippen molar-refractivity contribution >= 4 is 46.4 Å². The molecule has 0 heterocycles. The zero-order valence-corrected chi connectivity index (χ0v) is 8.23. The third-order valence-electron chi connectivity index (χ3n) is 0.284. The molecule has 9 heavy (non-hydrogen) atoms.